The summed E-state index contributed by atoms with van der Waals surface area (Å²) in [6, 6.07) is 8.02. The molecule has 0 spiro atoms. The summed E-state index contributed by atoms with van der Waals surface area (Å²) < 4.78 is 0. The second-order valence-corrected chi connectivity index (χ2v) is 2.88. The summed E-state index contributed by atoms with van der Waals surface area (Å²) >= 11 is 0. The molecule has 1 aromatic carbocycles. The average molecular weight is 190 g/mol. The fourth-order valence-corrected chi connectivity index (χ4v) is 1.08. The minimum absolute atomic E-state index is 0.571. The number of nitrogens with zero attached hydrogens (tertiary/aromatic N) is 1. The summed E-state index contributed by atoms with van der Waals surface area (Å²) in [7, 11) is 0. The molecule has 0 amide bonds. The third-order valence-electron chi connectivity index (χ3n) is 1.85. The SMILES string of the molecule is NCc1ccc(C=CCC=NO)cc1. The number of oxime groups is 1. The Labute approximate surface area is 83.5 Å². The highest BCUT2D eigenvalue weighted by atomic mass is 16.4. The zero-order valence-corrected chi connectivity index (χ0v) is 7.93. The third kappa shape index (κ3) is 3.41. The summed E-state index contributed by atoms with van der Waals surface area (Å²) in [5.41, 5.74) is 7.72. The van der Waals surface area contributed by atoms with Crippen LogP contribution in [0.4, 0.5) is 0 Å². The van der Waals surface area contributed by atoms with E-state index in [0.717, 1.165) is 11.1 Å². The highest BCUT2D eigenvalue weighted by Crippen LogP contribution is 2.05. The van der Waals surface area contributed by atoms with E-state index in [1.807, 2.05) is 36.4 Å². The van der Waals surface area contributed by atoms with Crippen molar-refractivity contribution in [3.05, 3.63) is 41.5 Å². The molecule has 14 heavy (non-hydrogen) atoms. The maximum atomic E-state index is 8.15. The Morgan fingerprint density at radius 2 is 2.00 bits per heavy atom. The van der Waals surface area contributed by atoms with E-state index in [9.17, 15) is 0 Å². The summed E-state index contributed by atoms with van der Waals surface area (Å²) in [5, 5.41) is 11.1. The van der Waals surface area contributed by atoms with E-state index in [2.05, 4.69) is 5.16 Å². The van der Waals surface area contributed by atoms with Crippen LogP contribution in [-0.4, -0.2) is 11.4 Å². The Bertz CT molecular complexity index is 315. The van der Waals surface area contributed by atoms with E-state index >= 15 is 0 Å². The van der Waals surface area contributed by atoms with Crippen molar-refractivity contribution in [3.8, 4) is 0 Å². The lowest BCUT2D eigenvalue weighted by Gasteiger charge is -1.96. The Hall–Kier alpha value is -1.61. The van der Waals surface area contributed by atoms with E-state index in [1.165, 1.54) is 6.21 Å². The predicted octanol–water partition coefficient (Wildman–Crippen LogP) is 2.01. The van der Waals surface area contributed by atoms with Gasteiger partial charge >= 0.3 is 0 Å². The smallest absolute Gasteiger partial charge is 0.0473 e. The van der Waals surface area contributed by atoms with Gasteiger partial charge in [-0.3, -0.25) is 0 Å². The minimum Gasteiger partial charge on any atom is -0.411 e. The molecule has 0 heterocycles. The maximum absolute atomic E-state index is 8.15. The third-order valence-corrected chi connectivity index (χ3v) is 1.85. The molecule has 0 fully saturated rings. The molecule has 0 aliphatic rings. The van der Waals surface area contributed by atoms with Crippen LogP contribution in [0.3, 0.4) is 0 Å². The fourth-order valence-electron chi connectivity index (χ4n) is 1.08. The number of nitrogens with two attached hydrogens (primary N) is 1. The van der Waals surface area contributed by atoms with Crippen LogP contribution in [-0.2, 0) is 6.54 Å². The lowest BCUT2D eigenvalue weighted by molar-refractivity contribution is 0.321. The van der Waals surface area contributed by atoms with Crippen molar-refractivity contribution in [1.82, 2.24) is 0 Å². The number of allylic oxidation sites excluding steroid dienone is 1. The first-order chi connectivity index (χ1) is 6.86. The van der Waals surface area contributed by atoms with Gasteiger partial charge in [0.1, 0.15) is 0 Å². The van der Waals surface area contributed by atoms with Gasteiger partial charge in [0.2, 0.25) is 0 Å². The lowest BCUT2D eigenvalue weighted by atomic mass is 10.1. The van der Waals surface area contributed by atoms with Crippen LogP contribution in [0, 0.1) is 0 Å². The molecular formula is C11H14N2O. The molecule has 0 radical (unpaired) electrons. The zero-order chi connectivity index (χ0) is 10.2. The van der Waals surface area contributed by atoms with Gasteiger partial charge in [0, 0.05) is 19.2 Å². The van der Waals surface area contributed by atoms with Gasteiger partial charge in [-0.25, -0.2) is 0 Å². The maximum Gasteiger partial charge on any atom is 0.0473 e. The van der Waals surface area contributed by atoms with Crippen LogP contribution in [0.5, 0.6) is 0 Å². The second kappa shape index (κ2) is 5.94. The van der Waals surface area contributed by atoms with Crippen LogP contribution in [0.2, 0.25) is 0 Å². The molecule has 0 aromatic heterocycles. The Kier molecular flexibility index (Phi) is 4.44. The predicted molar refractivity (Wildman–Crippen MR) is 58.3 cm³/mol. The van der Waals surface area contributed by atoms with Gasteiger partial charge in [-0.15, -0.1) is 5.16 Å². The molecule has 0 bridgehead atoms. The molecule has 3 nitrogen and oxygen atoms in total. The van der Waals surface area contributed by atoms with Crippen molar-refractivity contribution in [1.29, 1.82) is 0 Å². The van der Waals surface area contributed by atoms with Crippen molar-refractivity contribution in [3.63, 3.8) is 0 Å². The van der Waals surface area contributed by atoms with Gasteiger partial charge in [0.15, 0.2) is 0 Å². The molecule has 0 unspecified atom stereocenters. The molecule has 3 heteroatoms. The fraction of sp³-hybridized carbons (Fsp3) is 0.182. The van der Waals surface area contributed by atoms with Gasteiger partial charge in [0.05, 0.1) is 0 Å². The summed E-state index contributed by atoms with van der Waals surface area (Å²) in [6.45, 7) is 0.571. The Morgan fingerprint density at radius 3 is 2.57 bits per heavy atom. The van der Waals surface area contributed by atoms with Crippen molar-refractivity contribution in [2.45, 2.75) is 13.0 Å². The van der Waals surface area contributed by atoms with Crippen molar-refractivity contribution in [2.75, 3.05) is 0 Å². The largest absolute Gasteiger partial charge is 0.411 e. The first-order valence-electron chi connectivity index (χ1n) is 4.48. The summed E-state index contributed by atoms with van der Waals surface area (Å²) in [5.74, 6) is 0. The van der Waals surface area contributed by atoms with Gasteiger partial charge < -0.3 is 10.9 Å². The van der Waals surface area contributed by atoms with E-state index in [1.54, 1.807) is 0 Å². The molecule has 0 aliphatic heterocycles. The highest BCUT2D eigenvalue weighted by Gasteiger charge is 1.88. The van der Waals surface area contributed by atoms with Crippen molar-refractivity contribution < 1.29 is 5.21 Å². The van der Waals surface area contributed by atoms with Crippen LogP contribution in [0.15, 0.2) is 35.5 Å². The minimum atomic E-state index is 0.571. The molecule has 3 N–H and O–H groups in total. The monoisotopic (exact) mass is 190 g/mol. The Morgan fingerprint density at radius 1 is 1.29 bits per heavy atom. The average Bonchev–Trinajstić information content (AvgIpc) is 2.25. The Balaban J connectivity index is 2.55. The number of hydrogen-bond donors (Lipinski definition) is 2. The first-order valence-corrected chi connectivity index (χ1v) is 4.48. The molecule has 0 aliphatic carbocycles. The summed E-state index contributed by atoms with van der Waals surface area (Å²) in [6.07, 6.45) is 5.97. The topological polar surface area (TPSA) is 58.6 Å². The van der Waals surface area contributed by atoms with E-state index in [4.69, 9.17) is 10.9 Å². The van der Waals surface area contributed by atoms with Crippen molar-refractivity contribution in [2.24, 2.45) is 10.9 Å². The molecular weight excluding hydrogens is 176 g/mol. The summed E-state index contributed by atoms with van der Waals surface area (Å²) in [4.78, 5) is 0. The van der Waals surface area contributed by atoms with Gasteiger partial charge in [0.25, 0.3) is 0 Å². The standard InChI is InChI=1S/C11H14N2O/c12-9-11-6-4-10(5-7-11)3-1-2-8-13-14/h1,3-8,14H,2,9,12H2. The highest BCUT2D eigenvalue weighted by molar-refractivity contribution is 5.62. The lowest BCUT2D eigenvalue weighted by Crippen LogP contribution is -1.94. The van der Waals surface area contributed by atoms with Gasteiger partial charge in [-0.2, -0.15) is 0 Å². The van der Waals surface area contributed by atoms with E-state index in [-0.39, 0.29) is 0 Å². The van der Waals surface area contributed by atoms with Crippen LogP contribution in [0.1, 0.15) is 17.5 Å². The van der Waals surface area contributed by atoms with Gasteiger partial charge in [-0.05, 0) is 11.1 Å². The molecule has 0 saturated carbocycles. The number of rotatable bonds is 4. The normalized spacial score (nSPS) is 11.5. The number of benzene rings is 1. The van der Waals surface area contributed by atoms with Gasteiger partial charge in [-0.1, -0.05) is 36.4 Å². The molecule has 0 atom stereocenters. The van der Waals surface area contributed by atoms with Crippen molar-refractivity contribution >= 4 is 12.3 Å². The number of hydrogen-bond acceptors (Lipinski definition) is 3. The van der Waals surface area contributed by atoms with Crippen LogP contribution >= 0.6 is 0 Å². The van der Waals surface area contributed by atoms with E-state index < -0.39 is 0 Å². The van der Waals surface area contributed by atoms with Crippen LogP contribution < -0.4 is 5.73 Å². The van der Waals surface area contributed by atoms with E-state index in [0.29, 0.717) is 13.0 Å². The first kappa shape index (κ1) is 10.5. The van der Waals surface area contributed by atoms with Crippen LogP contribution in [0.25, 0.3) is 6.08 Å². The quantitative estimate of drug-likeness (QED) is 0.433. The molecule has 1 aromatic rings. The molecule has 1 rings (SSSR count). The molecule has 74 valence electrons. The molecule has 0 saturated heterocycles. The second-order valence-electron chi connectivity index (χ2n) is 2.88. The zero-order valence-electron chi connectivity index (χ0n) is 7.93.